The molecule has 1 aromatic heterocycles. The summed E-state index contributed by atoms with van der Waals surface area (Å²) in [7, 11) is -0.695. The Labute approximate surface area is 105 Å². The Hall–Kier alpha value is 0.290. The molecule has 2 heterocycles. The SMILES string of the molecule is CC1CCNC(c2cc(Br)cs2)CS1=O. The van der Waals surface area contributed by atoms with E-state index >= 15 is 0 Å². The van der Waals surface area contributed by atoms with Crippen molar-refractivity contribution in [3.8, 4) is 0 Å². The number of hydrogen-bond acceptors (Lipinski definition) is 3. The van der Waals surface area contributed by atoms with E-state index in [0.29, 0.717) is 5.25 Å². The highest BCUT2D eigenvalue weighted by Crippen LogP contribution is 2.27. The second-order valence-corrected chi connectivity index (χ2v) is 7.58. The quantitative estimate of drug-likeness (QED) is 0.864. The molecule has 1 aliphatic heterocycles. The van der Waals surface area contributed by atoms with Crippen LogP contribution in [0.25, 0.3) is 0 Å². The van der Waals surface area contributed by atoms with Crippen LogP contribution in [0, 0.1) is 0 Å². The zero-order valence-electron chi connectivity index (χ0n) is 8.53. The lowest BCUT2D eigenvalue weighted by molar-refractivity contribution is 0.585. The fourth-order valence-corrected chi connectivity index (χ4v) is 4.64. The maximum atomic E-state index is 11.9. The van der Waals surface area contributed by atoms with Crippen molar-refractivity contribution < 1.29 is 4.21 Å². The molecule has 1 fully saturated rings. The lowest BCUT2D eigenvalue weighted by Gasteiger charge is -2.12. The Balaban J connectivity index is 2.13. The van der Waals surface area contributed by atoms with Crippen molar-refractivity contribution in [2.75, 3.05) is 12.3 Å². The summed E-state index contributed by atoms with van der Waals surface area (Å²) in [5.41, 5.74) is 0. The standard InChI is InChI=1S/C10H14BrNOS2/c1-7-2-3-12-9(6-15(7)13)10-4-8(11)5-14-10/h4-5,7,9,12H,2-3,6H2,1H3. The Bertz CT molecular complexity index is 366. The van der Waals surface area contributed by atoms with Gasteiger partial charge in [-0.2, -0.15) is 0 Å². The molecule has 1 saturated heterocycles. The molecule has 84 valence electrons. The van der Waals surface area contributed by atoms with Gasteiger partial charge in [0.2, 0.25) is 0 Å². The van der Waals surface area contributed by atoms with Gasteiger partial charge in [0.1, 0.15) is 0 Å². The molecule has 0 radical (unpaired) electrons. The summed E-state index contributed by atoms with van der Waals surface area (Å²) in [6.07, 6.45) is 1.01. The van der Waals surface area contributed by atoms with Gasteiger partial charge in [-0.25, -0.2) is 0 Å². The van der Waals surface area contributed by atoms with Crippen molar-refractivity contribution in [3.05, 3.63) is 20.8 Å². The van der Waals surface area contributed by atoms with E-state index in [9.17, 15) is 4.21 Å². The molecule has 0 saturated carbocycles. The van der Waals surface area contributed by atoms with E-state index in [0.717, 1.165) is 23.2 Å². The minimum Gasteiger partial charge on any atom is -0.308 e. The molecule has 0 aliphatic carbocycles. The van der Waals surface area contributed by atoms with Gasteiger partial charge in [0.25, 0.3) is 0 Å². The number of halogens is 1. The predicted octanol–water partition coefficient (Wildman–Crippen LogP) is 2.68. The molecule has 3 unspecified atom stereocenters. The van der Waals surface area contributed by atoms with Gasteiger partial charge >= 0.3 is 0 Å². The van der Waals surface area contributed by atoms with Crippen LogP contribution in [0.15, 0.2) is 15.9 Å². The molecule has 1 aliphatic rings. The van der Waals surface area contributed by atoms with E-state index in [2.05, 4.69) is 39.6 Å². The van der Waals surface area contributed by atoms with Crippen LogP contribution in [-0.2, 0) is 10.8 Å². The average Bonchev–Trinajstić information content (AvgIpc) is 2.55. The Morgan fingerprint density at radius 1 is 1.67 bits per heavy atom. The summed E-state index contributed by atoms with van der Waals surface area (Å²) in [5.74, 6) is 0.744. The van der Waals surface area contributed by atoms with E-state index in [4.69, 9.17) is 0 Å². The zero-order chi connectivity index (χ0) is 10.8. The minimum atomic E-state index is -0.695. The van der Waals surface area contributed by atoms with Crippen molar-refractivity contribution in [3.63, 3.8) is 0 Å². The third kappa shape index (κ3) is 2.90. The molecule has 5 heteroatoms. The zero-order valence-corrected chi connectivity index (χ0v) is 11.8. The van der Waals surface area contributed by atoms with Crippen molar-refractivity contribution >= 4 is 38.1 Å². The second-order valence-electron chi connectivity index (χ2n) is 3.82. The maximum Gasteiger partial charge on any atom is 0.0532 e. The normalized spacial score (nSPS) is 32.5. The molecule has 0 amide bonds. The van der Waals surface area contributed by atoms with Crippen LogP contribution in [0.2, 0.25) is 0 Å². The highest BCUT2D eigenvalue weighted by molar-refractivity contribution is 9.10. The summed E-state index contributed by atoms with van der Waals surface area (Å²) in [6, 6.07) is 2.39. The molecule has 0 bridgehead atoms. The Kier molecular flexibility index (Phi) is 3.98. The highest BCUT2D eigenvalue weighted by Gasteiger charge is 2.23. The second kappa shape index (κ2) is 5.08. The molecule has 2 nitrogen and oxygen atoms in total. The fraction of sp³-hybridized carbons (Fsp3) is 0.600. The Morgan fingerprint density at radius 3 is 3.13 bits per heavy atom. The molecule has 2 rings (SSSR count). The van der Waals surface area contributed by atoms with Crippen LogP contribution in [0.3, 0.4) is 0 Å². The van der Waals surface area contributed by atoms with Crippen LogP contribution in [-0.4, -0.2) is 21.8 Å². The third-order valence-corrected chi connectivity index (χ3v) is 6.25. The average molecular weight is 308 g/mol. The van der Waals surface area contributed by atoms with Crippen LogP contribution in [0.1, 0.15) is 24.3 Å². The highest BCUT2D eigenvalue weighted by atomic mass is 79.9. The first-order valence-electron chi connectivity index (χ1n) is 5.01. The van der Waals surface area contributed by atoms with Crippen LogP contribution in [0.5, 0.6) is 0 Å². The summed E-state index contributed by atoms with van der Waals surface area (Å²) >= 11 is 5.18. The first kappa shape index (κ1) is 11.8. The first-order valence-corrected chi connectivity index (χ1v) is 8.07. The third-order valence-electron chi connectivity index (χ3n) is 2.65. The van der Waals surface area contributed by atoms with Gasteiger partial charge in [0.05, 0.1) is 6.04 Å². The van der Waals surface area contributed by atoms with E-state index in [1.807, 2.05) is 0 Å². The summed E-state index contributed by atoms with van der Waals surface area (Å²) < 4.78 is 13.0. The van der Waals surface area contributed by atoms with E-state index in [1.165, 1.54) is 4.88 Å². The minimum absolute atomic E-state index is 0.270. The van der Waals surface area contributed by atoms with Crippen LogP contribution < -0.4 is 5.32 Å². The summed E-state index contributed by atoms with van der Waals surface area (Å²) in [4.78, 5) is 1.28. The van der Waals surface area contributed by atoms with Gasteiger partial charge in [0.15, 0.2) is 0 Å². The van der Waals surface area contributed by atoms with E-state index in [-0.39, 0.29) is 6.04 Å². The lowest BCUT2D eigenvalue weighted by atomic mass is 10.2. The summed E-state index contributed by atoms with van der Waals surface area (Å²) in [5, 5.41) is 5.87. The number of hydrogen-bond donors (Lipinski definition) is 1. The summed E-state index contributed by atoms with van der Waals surface area (Å²) in [6.45, 7) is 3.04. The van der Waals surface area contributed by atoms with E-state index < -0.39 is 10.8 Å². The van der Waals surface area contributed by atoms with Crippen LogP contribution in [0.4, 0.5) is 0 Å². The molecular formula is C10H14BrNOS2. The Morgan fingerprint density at radius 2 is 2.47 bits per heavy atom. The predicted molar refractivity (Wildman–Crippen MR) is 69.9 cm³/mol. The molecule has 1 N–H and O–H groups in total. The van der Waals surface area contributed by atoms with E-state index in [1.54, 1.807) is 11.3 Å². The van der Waals surface area contributed by atoms with Gasteiger partial charge in [-0.1, -0.05) is 6.92 Å². The number of thiophene rings is 1. The van der Waals surface area contributed by atoms with Crippen molar-refractivity contribution in [1.82, 2.24) is 5.32 Å². The molecule has 15 heavy (non-hydrogen) atoms. The molecule has 0 spiro atoms. The van der Waals surface area contributed by atoms with Crippen molar-refractivity contribution in [1.29, 1.82) is 0 Å². The number of rotatable bonds is 1. The monoisotopic (exact) mass is 307 g/mol. The smallest absolute Gasteiger partial charge is 0.0532 e. The molecule has 0 aromatic carbocycles. The molecule has 1 aromatic rings. The lowest BCUT2D eigenvalue weighted by Crippen LogP contribution is -2.22. The van der Waals surface area contributed by atoms with Crippen LogP contribution >= 0.6 is 27.3 Å². The topological polar surface area (TPSA) is 29.1 Å². The van der Waals surface area contributed by atoms with Gasteiger partial charge < -0.3 is 5.32 Å². The fourth-order valence-electron chi connectivity index (χ4n) is 1.67. The first-order chi connectivity index (χ1) is 7.16. The van der Waals surface area contributed by atoms with Crippen molar-refractivity contribution in [2.45, 2.75) is 24.6 Å². The number of nitrogens with one attached hydrogen (secondary N) is 1. The van der Waals surface area contributed by atoms with Gasteiger partial charge in [-0.05, 0) is 35.0 Å². The largest absolute Gasteiger partial charge is 0.308 e. The molecular weight excluding hydrogens is 294 g/mol. The van der Waals surface area contributed by atoms with Gasteiger partial charge in [0, 0.05) is 36.5 Å². The molecule has 3 atom stereocenters. The maximum absolute atomic E-state index is 11.9. The van der Waals surface area contributed by atoms with Crippen molar-refractivity contribution in [2.24, 2.45) is 0 Å². The van der Waals surface area contributed by atoms with Gasteiger partial charge in [-0.3, -0.25) is 4.21 Å². The van der Waals surface area contributed by atoms with Gasteiger partial charge in [-0.15, -0.1) is 11.3 Å².